The van der Waals surface area contributed by atoms with Gasteiger partial charge in [0.2, 0.25) is 0 Å². The van der Waals surface area contributed by atoms with E-state index in [0.717, 1.165) is 30.8 Å². The first-order valence-electron chi connectivity index (χ1n) is 6.52. The van der Waals surface area contributed by atoms with Crippen molar-refractivity contribution in [3.05, 3.63) is 16.1 Å². The fourth-order valence-electron chi connectivity index (χ4n) is 3.32. The maximum Gasteiger partial charge on any atom is 0.0925 e. The monoisotopic (exact) mass is 236 g/mol. The van der Waals surface area contributed by atoms with Crippen LogP contribution in [0.1, 0.15) is 42.5 Å². The Morgan fingerprint density at radius 3 is 3.00 bits per heavy atom. The van der Waals surface area contributed by atoms with Crippen molar-refractivity contribution in [1.29, 1.82) is 0 Å². The standard InChI is InChI=1S/C13H20N2S/c1-2-13-15-8-11(16-13)7-14-12-6-9-3-4-10(12)5-9/h8-10,12,14H,2-7H2,1H3. The van der Waals surface area contributed by atoms with E-state index in [-0.39, 0.29) is 0 Å². The molecule has 0 spiro atoms. The number of nitrogens with zero attached hydrogens (tertiary/aromatic N) is 1. The summed E-state index contributed by atoms with van der Waals surface area (Å²) >= 11 is 1.86. The Bertz CT molecular complexity index is 361. The van der Waals surface area contributed by atoms with Crippen molar-refractivity contribution in [2.45, 2.75) is 51.6 Å². The second kappa shape index (κ2) is 4.46. The lowest BCUT2D eigenvalue weighted by atomic mass is 9.95. The van der Waals surface area contributed by atoms with Gasteiger partial charge in [0.15, 0.2) is 0 Å². The summed E-state index contributed by atoms with van der Waals surface area (Å²) in [6.45, 7) is 3.21. The Kier molecular flexibility index (Phi) is 2.99. The number of aromatic nitrogens is 1. The topological polar surface area (TPSA) is 24.9 Å². The minimum absolute atomic E-state index is 0.797. The van der Waals surface area contributed by atoms with Crippen LogP contribution < -0.4 is 5.32 Å². The molecule has 3 heteroatoms. The quantitative estimate of drug-likeness (QED) is 0.869. The lowest BCUT2D eigenvalue weighted by molar-refractivity contribution is 0.351. The minimum Gasteiger partial charge on any atom is -0.309 e. The molecular weight excluding hydrogens is 216 g/mol. The van der Waals surface area contributed by atoms with Crippen LogP contribution in [-0.4, -0.2) is 11.0 Å². The molecule has 16 heavy (non-hydrogen) atoms. The smallest absolute Gasteiger partial charge is 0.0925 e. The zero-order valence-electron chi connectivity index (χ0n) is 9.91. The van der Waals surface area contributed by atoms with Gasteiger partial charge in [0.25, 0.3) is 0 Å². The van der Waals surface area contributed by atoms with E-state index in [0.29, 0.717) is 0 Å². The maximum atomic E-state index is 4.41. The van der Waals surface area contributed by atoms with Crippen molar-refractivity contribution in [2.75, 3.05) is 0 Å². The number of hydrogen-bond acceptors (Lipinski definition) is 3. The van der Waals surface area contributed by atoms with E-state index in [2.05, 4.69) is 17.2 Å². The number of fused-ring (bicyclic) bond motifs is 2. The molecule has 0 amide bonds. The number of hydrogen-bond donors (Lipinski definition) is 1. The van der Waals surface area contributed by atoms with Crippen LogP contribution in [0, 0.1) is 11.8 Å². The Balaban J connectivity index is 1.53. The number of rotatable bonds is 4. The average Bonchev–Trinajstić information content (AvgIpc) is 3.02. The van der Waals surface area contributed by atoms with E-state index in [4.69, 9.17) is 0 Å². The Morgan fingerprint density at radius 1 is 1.44 bits per heavy atom. The first-order valence-corrected chi connectivity index (χ1v) is 7.33. The van der Waals surface area contributed by atoms with Gasteiger partial charge in [-0.1, -0.05) is 13.3 Å². The zero-order valence-corrected chi connectivity index (χ0v) is 10.7. The maximum absolute atomic E-state index is 4.41. The largest absolute Gasteiger partial charge is 0.309 e. The molecule has 2 saturated carbocycles. The van der Waals surface area contributed by atoms with E-state index < -0.39 is 0 Å². The summed E-state index contributed by atoms with van der Waals surface area (Å²) in [5, 5.41) is 5.01. The van der Waals surface area contributed by atoms with Crippen LogP contribution in [0.5, 0.6) is 0 Å². The molecule has 1 heterocycles. The summed E-state index contributed by atoms with van der Waals surface area (Å²) < 4.78 is 0. The van der Waals surface area contributed by atoms with Crippen LogP contribution in [-0.2, 0) is 13.0 Å². The third-order valence-corrected chi connectivity index (χ3v) is 5.32. The summed E-state index contributed by atoms with van der Waals surface area (Å²) in [7, 11) is 0. The van der Waals surface area contributed by atoms with Gasteiger partial charge in [-0.25, -0.2) is 4.98 Å². The van der Waals surface area contributed by atoms with E-state index in [9.17, 15) is 0 Å². The molecule has 1 aromatic heterocycles. The number of nitrogens with one attached hydrogen (secondary N) is 1. The summed E-state index contributed by atoms with van der Waals surface area (Å²) in [5.74, 6) is 2.01. The SMILES string of the molecule is CCc1ncc(CNC2CC3CCC2C3)s1. The third-order valence-electron chi connectivity index (χ3n) is 4.18. The lowest BCUT2D eigenvalue weighted by Gasteiger charge is -2.22. The molecule has 2 nitrogen and oxygen atoms in total. The number of aryl methyl sites for hydroxylation is 1. The molecule has 2 aliphatic rings. The number of thiazole rings is 1. The first-order chi connectivity index (χ1) is 7.85. The molecule has 0 saturated heterocycles. The molecule has 2 fully saturated rings. The minimum atomic E-state index is 0.797. The molecule has 0 radical (unpaired) electrons. The molecule has 2 aliphatic carbocycles. The van der Waals surface area contributed by atoms with Gasteiger partial charge >= 0.3 is 0 Å². The van der Waals surface area contributed by atoms with Gasteiger partial charge < -0.3 is 5.32 Å². The zero-order chi connectivity index (χ0) is 11.0. The predicted octanol–water partition coefficient (Wildman–Crippen LogP) is 2.98. The second-order valence-corrected chi connectivity index (χ2v) is 6.44. The van der Waals surface area contributed by atoms with Crippen LogP contribution in [0.2, 0.25) is 0 Å². The molecule has 3 atom stereocenters. The van der Waals surface area contributed by atoms with Crippen LogP contribution in [0.3, 0.4) is 0 Å². The van der Waals surface area contributed by atoms with E-state index in [1.807, 2.05) is 17.5 Å². The molecule has 1 N–H and O–H groups in total. The molecule has 3 unspecified atom stereocenters. The summed E-state index contributed by atoms with van der Waals surface area (Å²) in [5.41, 5.74) is 0. The highest BCUT2D eigenvalue weighted by Crippen LogP contribution is 2.44. The van der Waals surface area contributed by atoms with Crippen LogP contribution in [0.15, 0.2) is 6.20 Å². The Morgan fingerprint density at radius 2 is 2.38 bits per heavy atom. The second-order valence-electron chi connectivity index (χ2n) is 5.24. The lowest BCUT2D eigenvalue weighted by Crippen LogP contribution is -2.33. The fraction of sp³-hybridized carbons (Fsp3) is 0.769. The van der Waals surface area contributed by atoms with Gasteiger partial charge in [0.05, 0.1) is 5.01 Å². The molecule has 0 aromatic carbocycles. The highest BCUT2D eigenvalue weighted by Gasteiger charge is 2.38. The van der Waals surface area contributed by atoms with E-state index in [1.54, 1.807) is 0 Å². The van der Waals surface area contributed by atoms with Crippen molar-refractivity contribution < 1.29 is 0 Å². The third kappa shape index (κ3) is 2.03. The summed E-state index contributed by atoms with van der Waals surface area (Å²) in [4.78, 5) is 5.81. The molecule has 88 valence electrons. The normalized spacial score (nSPS) is 32.4. The van der Waals surface area contributed by atoms with Gasteiger partial charge in [-0.15, -0.1) is 11.3 Å². The summed E-state index contributed by atoms with van der Waals surface area (Å²) in [6, 6.07) is 0.797. The molecule has 1 aromatic rings. The summed E-state index contributed by atoms with van der Waals surface area (Å²) in [6.07, 6.45) is 8.97. The van der Waals surface area contributed by atoms with Crippen molar-refractivity contribution in [3.63, 3.8) is 0 Å². The first kappa shape index (κ1) is 10.7. The van der Waals surface area contributed by atoms with Crippen LogP contribution in [0.25, 0.3) is 0 Å². The average molecular weight is 236 g/mol. The van der Waals surface area contributed by atoms with Crippen LogP contribution >= 0.6 is 11.3 Å². The molecule has 2 bridgehead atoms. The molecule has 0 aliphatic heterocycles. The molecular formula is C13H20N2S. The van der Waals surface area contributed by atoms with E-state index >= 15 is 0 Å². The van der Waals surface area contributed by atoms with Gasteiger partial charge in [0, 0.05) is 23.7 Å². The van der Waals surface area contributed by atoms with Gasteiger partial charge in [0.1, 0.15) is 0 Å². The van der Waals surface area contributed by atoms with Gasteiger partial charge in [-0.05, 0) is 37.5 Å². The van der Waals surface area contributed by atoms with Crippen molar-refractivity contribution in [1.82, 2.24) is 10.3 Å². The molecule has 3 rings (SSSR count). The van der Waals surface area contributed by atoms with Crippen molar-refractivity contribution in [3.8, 4) is 0 Å². The van der Waals surface area contributed by atoms with Crippen molar-refractivity contribution in [2.24, 2.45) is 11.8 Å². The Labute approximate surface area is 101 Å². The Hall–Kier alpha value is -0.410. The highest BCUT2D eigenvalue weighted by atomic mass is 32.1. The van der Waals surface area contributed by atoms with Crippen molar-refractivity contribution >= 4 is 11.3 Å². The van der Waals surface area contributed by atoms with Gasteiger partial charge in [-0.3, -0.25) is 0 Å². The van der Waals surface area contributed by atoms with Gasteiger partial charge in [-0.2, -0.15) is 0 Å². The van der Waals surface area contributed by atoms with Crippen LogP contribution in [0.4, 0.5) is 0 Å². The fourth-order valence-corrected chi connectivity index (χ4v) is 4.13. The predicted molar refractivity (Wildman–Crippen MR) is 67.6 cm³/mol. The highest BCUT2D eigenvalue weighted by molar-refractivity contribution is 7.11. The van der Waals surface area contributed by atoms with E-state index in [1.165, 1.54) is 35.6 Å².